The first-order valence-electron chi connectivity index (χ1n) is 8.42. The standard InChI is InChI=1S/C18H21F4N3O2/c19-14-4-2-1-3-13(14)10-25(7-5-12-6-8-27-11-12)17(26)15(23)9-16(24)18(20,21)22/h1-4,9,12,23H,5-8,10-11,24H2. The summed E-state index contributed by atoms with van der Waals surface area (Å²) in [5, 5.41) is 7.68. The van der Waals surface area contributed by atoms with Gasteiger partial charge < -0.3 is 15.4 Å². The van der Waals surface area contributed by atoms with Crippen molar-refractivity contribution in [2.75, 3.05) is 19.8 Å². The fourth-order valence-corrected chi connectivity index (χ4v) is 2.70. The fourth-order valence-electron chi connectivity index (χ4n) is 2.70. The molecule has 1 aliphatic heterocycles. The van der Waals surface area contributed by atoms with Gasteiger partial charge in [-0.3, -0.25) is 10.2 Å². The van der Waals surface area contributed by atoms with Gasteiger partial charge in [-0.15, -0.1) is 0 Å². The van der Waals surface area contributed by atoms with E-state index in [2.05, 4.69) is 0 Å². The molecule has 3 N–H and O–H groups in total. The minimum Gasteiger partial charge on any atom is -0.395 e. The van der Waals surface area contributed by atoms with Gasteiger partial charge in [0.05, 0.1) is 0 Å². The van der Waals surface area contributed by atoms with Gasteiger partial charge in [0.2, 0.25) is 0 Å². The minimum absolute atomic E-state index is 0.152. The lowest BCUT2D eigenvalue weighted by atomic mass is 10.0. The second kappa shape index (κ2) is 8.98. The lowest BCUT2D eigenvalue weighted by Gasteiger charge is -2.24. The van der Waals surface area contributed by atoms with E-state index in [9.17, 15) is 22.4 Å². The van der Waals surface area contributed by atoms with E-state index in [1.54, 1.807) is 6.07 Å². The Kier molecular flexibility index (Phi) is 6.95. The molecular formula is C18H21F4N3O2. The van der Waals surface area contributed by atoms with Crippen molar-refractivity contribution in [1.29, 1.82) is 5.41 Å². The minimum atomic E-state index is -4.83. The van der Waals surface area contributed by atoms with E-state index >= 15 is 0 Å². The van der Waals surface area contributed by atoms with E-state index in [1.165, 1.54) is 23.1 Å². The summed E-state index contributed by atoms with van der Waals surface area (Å²) in [4.78, 5) is 13.7. The molecule has 1 aromatic carbocycles. The first-order valence-corrected chi connectivity index (χ1v) is 8.42. The highest BCUT2D eigenvalue weighted by Crippen LogP contribution is 2.22. The van der Waals surface area contributed by atoms with Crippen LogP contribution in [-0.4, -0.2) is 42.5 Å². The monoisotopic (exact) mass is 387 g/mol. The number of benzene rings is 1. The van der Waals surface area contributed by atoms with Gasteiger partial charge in [0, 0.05) is 31.9 Å². The second-order valence-corrected chi connectivity index (χ2v) is 6.35. The van der Waals surface area contributed by atoms with Crippen molar-refractivity contribution < 1.29 is 27.1 Å². The molecule has 5 nitrogen and oxygen atoms in total. The van der Waals surface area contributed by atoms with Crippen LogP contribution in [-0.2, 0) is 16.1 Å². The van der Waals surface area contributed by atoms with Gasteiger partial charge in [0.25, 0.3) is 5.91 Å². The van der Waals surface area contributed by atoms with E-state index in [0.29, 0.717) is 19.6 Å². The molecule has 1 atom stereocenters. The maximum absolute atomic E-state index is 13.9. The molecule has 0 aromatic heterocycles. The number of nitrogens with one attached hydrogen (secondary N) is 1. The van der Waals surface area contributed by atoms with E-state index in [-0.39, 0.29) is 30.6 Å². The largest absolute Gasteiger partial charge is 0.430 e. The molecule has 0 saturated carbocycles. The second-order valence-electron chi connectivity index (χ2n) is 6.35. The summed E-state index contributed by atoms with van der Waals surface area (Å²) in [5.41, 5.74) is 2.67. The molecule has 1 aliphatic rings. The number of amides is 1. The smallest absolute Gasteiger partial charge is 0.395 e. The van der Waals surface area contributed by atoms with E-state index in [1.807, 2.05) is 0 Å². The number of ether oxygens (including phenoxy) is 1. The van der Waals surface area contributed by atoms with E-state index < -0.39 is 29.3 Å². The molecule has 9 heteroatoms. The van der Waals surface area contributed by atoms with Crippen molar-refractivity contribution in [3.63, 3.8) is 0 Å². The predicted molar refractivity (Wildman–Crippen MR) is 91.4 cm³/mol. The number of carbonyl (C=O) groups excluding carboxylic acids is 1. The first-order chi connectivity index (χ1) is 12.7. The summed E-state index contributed by atoms with van der Waals surface area (Å²) in [6, 6.07) is 5.81. The number of hydrogen-bond donors (Lipinski definition) is 2. The molecule has 1 fully saturated rings. The van der Waals surface area contributed by atoms with Crippen molar-refractivity contribution in [3.8, 4) is 0 Å². The van der Waals surface area contributed by atoms with Crippen LogP contribution in [0, 0.1) is 17.1 Å². The highest BCUT2D eigenvalue weighted by atomic mass is 19.4. The molecule has 1 heterocycles. The van der Waals surface area contributed by atoms with Gasteiger partial charge in [0.15, 0.2) is 0 Å². The zero-order chi connectivity index (χ0) is 20.0. The summed E-state index contributed by atoms with van der Waals surface area (Å²) < 4.78 is 56.8. The van der Waals surface area contributed by atoms with Crippen LogP contribution in [0.4, 0.5) is 17.6 Å². The van der Waals surface area contributed by atoms with Crippen LogP contribution >= 0.6 is 0 Å². The molecule has 0 aliphatic carbocycles. The molecule has 0 radical (unpaired) electrons. The molecule has 0 spiro atoms. The molecule has 27 heavy (non-hydrogen) atoms. The molecule has 148 valence electrons. The topological polar surface area (TPSA) is 79.4 Å². The Morgan fingerprint density at radius 3 is 2.67 bits per heavy atom. The third-order valence-corrected chi connectivity index (χ3v) is 4.30. The Morgan fingerprint density at radius 2 is 2.07 bits per heavy atom. The number of halogens is 4. The van der Waals surface area contributed by atoms with Crippen molar-refractivity contribution in [2.45, 2.75) is 25.6 Å². The van der Waals surface area contributed by atoms with Crippen molar-refractivity contribution in [2.24, 2.45) is 11.7 Å². The molecule has 1 saturated heterocycles. The maximum atomic E-state index is 13.9. The van der Waals surface area contributed by atoms with E-state index in [4.69, 9.17) is 15.9 Å². The number of rotatable bonds is 7. The highest BCUT2D eigenvalue weighted by Gasteiger charge is 2.32. The lowest BCUT2D eigenvalue weighted by Crippen LogP contribution is -2.37. The van der Waals surface area contributed by atoms with Gasteiger partial charge in [-0.1, -0.05) is 18.2 Å². The number of nitrogens with zero attached hydrogens (tertiary/aromatic N) is 1. The molecule has 0 bridgehead atoms. The SMILES string of the molecule is N=C(C=C(N)C(F)(F)F)C(=O)N(CCC1CCOC1)Cc1ccccc1F. The summed E-state index contributed by atoms with van der Waals surface area (Å²) in [5.74, 6) is -1.26. The van der Waals surface area contributed by atoms with Crippen molar-refractivity contribution in [3.05, 3.63) is 47.4 Å². The third kappa shape index (κ3) is 6.06. The Labute approximate surface area is 154 Å². The van der Waals surface area contributed by atoms with Crippen LogP contribution in [0.5, 0.6) is 0 Å². The van der Waals surface area contributed by atoms with Gasteiger partial charge in [-0.25, -0.2) is 4.39 Å². The summed E-state index contributed by atoms with van der Waals surface area (Å²) in [7, 11) is 0. The van der Waals surface area contributed by atoms with Gasteiger partial charge >= 0.3 is 6.18 Å². The Bertz CT molecular complexity index is 713. The number of allylic oxidation sites excluding steroid dienone is 1. The molecule has 1 aromatic rings. The van der Waals surface area contributed by atoms with E-state index in [0.717, 1.165) is 6.42 Å². The maximum Gasteiger partial charge on any atom is 0.430 e. The molecular weight excluding hydrogens is 366 g/mol. The first kappa shape index (κ1) is 20.9. The number of carbonyl (C=O) groups is 1. The zero-order valence-electron chi connectivity index (χ0n) is 14.6. The number of nitrogens with two attached hydrogens (primary N) is 1. The van der Waals surface area contributed by atoms with Crippen LogP contribution in [0.15, 0.2) is 36.0 Å². The van der Waals surface area contributed by atoms with Crippen LogP contribution in [0.3, 0.4) is 0 Å². The van der Waals surface area contributed by atoms with Crippen molar-refractivity contribution in [1.82, 2.24) is 4.90 Å². The predicted octanol–water partition coefficient (Wildman–Crippen LogP) is 3.01. The number of alkyl halides is 3. The van der Waals surface area contributed by atoms with Gasteiger partial charge in [0.1, 0.15) is 17.2 Å². The average molecular weight is 387 g/mol. The normalized spacial score (nSPS) is 17.8. The number of hydrogen-bond acceptors (Lipinski definition) is 4. The Hall–Kier alpha value is -2.42. The molecule has 1 amide bonds. The summed E-state index contributed by atoms with van der Waals surface area (Å²) >= 11 is 0. The van der Waals surface area contributed by atoms with Crippen LogP contribution in [0.1, 0.15) is 18.4 Å². The fraction of sp³-hybridized carbons (Fsp3) is 0.444. The summed E-state index contributed by atoms with van der Waals surface area (Å²) in [6.07, 6.45) is -3.18. The summed E-state index contributed by atoms with van der Waals surface area (Å²) in [6.45, 7) is 1.18. The highest BCUT2D eigenvalue weighted by molar-refractivity contribution is 6.42. The van der Waals surface area contributed by atoms with Gasteiger partial charge in [-0.2, -0.15) is 13.2 Å². The molecule has 1 unspecified atom stereocenters. The average Bonchev–Trinajstić information content (AvgIpc) is 3.12. The van der Waals surface area contributed by atoms with Crippen LogP contribution < -0.4 is 5.73 Å². The van der Waals surface area contributed by atoms with Crippen molar-refractivity contribution >= 4 is 11.6 Å². The van der Waals surface area contributed by atoms with Crippen LogP contribution in [0.25, 0.3) is 0 Å². The van der Waals surface area contributed by atoms with Crippen LogP contribution in [0.2, 0.25) is 0 Å². The zero-order valence-corrected chi connectivity index (χ0v) is 14.6. The lowest BCUT2D eigenvalue weighted by molar-refractivity contribution is -0.124. The van der Waals surface area contributed by atoms with Gasteiger partial charge in [-0.05, 0) is 30.9 Å². The Balaban J connectivity index is 2.15. The molecule has 2 rings (SSSR count). The third-order valence-electron chi connectivity index (χ3n) is 4.30. The Morgan fingerprint density at radius 1 is 1.37 bits per heavy atom. The quantitative estimate of drug-likeness (QED) is 0.558.